The number of nitrogens with zero attached hydrogens (tertiary/aromatic N) is 1. The molecular weight excluding hydrogens is 305 g/mol. The average molecular weight is 327 g/mol. The van der Waals surface area contributed by atoms with Crippen LogP contribution in [0.2, 0.25) is 0 Å². The van der Waals surface area contributed by atoms with Crippen molar-refractivity contribution in [1.82, 2.24) is 4.90 Å². The molecular formula is C20H22FNO2. The number of hydrogen-bond acceptors (Lipinski definition) is 2. The molecule has 1 heterocycles. The van der Waals surface area contributed by atoms with Crippen molar-refractivity contribution in [3.05, 3.63) is 66.0 Å². The van der Waals surface area contributed by atoms with Crippen LogP contribution in [-0.4, -0.2) is 30.0 Å². The van der Waals surface area contributed by atoms with Gasteiger partial charge in [0.25, 0.3) is 0 Å². The molecule has 0 aliphatic carbocycles. The van der Waals surface area contributed by atoms with E-state index in [0.717, 1.165) is 32.4 Å². The Balaban J connectivity index is 1.42. The summed E-state index contributed by atoms with van der Waals surface area (Å²) in [6.07, 6.45) is 3.05. The molecule has 1 aliphatic rings. The molecule has 4 heteroatoms. The number of amides is 1. The number of likely N-dealkylation sites (tertiary alicyclic amines) is 1. The smallest absolute Gasteiger partial charge is 0.222 e. The first-order valence-corrected chi connectivity index (χ1v) is 8.44. The van der Waals surface area contributed by atoms with E-state index in [2.05, 4.69) is 12.1 Å². The topological polar surface area (TPSA) is 29.5 Å². The third-order valence-corrected chi connectivity index (χ3v) is 4.38. The van der Waals surface area contributed by atoms with Crippen molar-refractivity contribution < 1.29 is 13.9 Å². The highest BCUT2D eigenvalue weighted by molar-refractivity contribution is 5.76. The van der Waals surface area contributed by atoms with Gasteiger partial charge in [0.1, 0.15) is 17.7 Å². The lowest BCUT2D eigenvalue weighted by molar-refractivity contribution is -0.132. The van der Waals surface area contributed by atoms with Crippen molar-refractivity contribution in [1.29, 1.82) is 0 Å². The summed E-state index contributed by atoms with van der Waals surface area (Å²) in [6, 6.07) is 16.2. The van der Waals surface area contributed by atoms with Crippen molar-refractivity contribution in [2.24, 2.45) is 0 Å². The predicted octanol–water partition coefficient (Wildman–Crippen LogP) is 3.83. The summed E-state index contributed by atoms with van der Waals surface area (Å²) in [5.41, 5.74) is 1.19. The van der Waals surface area contributed by atoms with Crippen LogP contribution in [0.3, 0.4) is 0 Å². The molecule has 0 unspecified atom stereocenters. The van der Waals surface area contributed by atoms with E-state index in [1.54, 1.807) is 12.1 Å². The highest BCUT2D eigenvalue weighted by atomic mass is 19.1. The molecule has 0 N–H and O–H groups in total. The Hall–Kier alpha value is -2.36. The van der Waals surface area contributed by atoms with Gasteiger partial charge in [0.05, 0.1) is 0 Å². The van der Waals surface area contributed by atoms with Crippen LogP contribution in [0, 0.1) is 5.82 Å². The Morgan fingerprint density at radius 3 is 2.38 bits per heavy atom. The number of carbonyl (C=O) groups excluding carboxylic acids is 1. The fourth-order valence-corrected chi connectivity index (χ4v) is 2.98. The summed E-state index contributed by atoms with van der Waals surface area (Å²) in [6.45, 7) is 1.44. The van der Waals surface area contributed by atoms with Gasteiger partial charge in [-0.15, -0.1) is 0 Å². The van der Waals surface area contributed by atoms with Gasteiger partial charge in [-0.05, 0) is 36.2 Å². The SMILES string of the molecule is O=C(CCc1ccccc1)N1CCC(Oc2ccc(F)cc2)CC1. The van der Waals surface area contributed by atoms with Gasteiger partial charge >= 0.3 is 0 Å². The fraction of sp³-hybridized carbons (Fsp3) is 0.350. The number of halogens is 1. The van der Waals surface area contributed by atoms with E-state index in [1.165, 1.54) is 17.7 Å². The van der Waals surface area contributed by atoms with Crippen molar-refractivity contribution >= 4 is 5.91 Å². The van der Waals surface area contributed by atoms with Crippen molar-refractivity contribution in [2.45, 2.75) is 31.8 Å². The summed E-state index contributed by atoms with van der Waals surface area (Å²) in [4.78, 5) is 14.2. The van der Waals surface area contributed by atoms with Crippen LogP contribution in [0.25, 0.3) is 0 Å². The Morgan fingerprint density at radius 2 is 1.71 bits per heavy atom. The molecule has 2 aromatic carbocycles. The van der Waals surface area contributed by atoms with Gasteiger partial charge in [-0.2, -0.15) is 0 Å². The Bertz CT molecular complexity index is 649. The predicted molar refractivity (Wildman–Crippen MR) is 91.4 cm³/mol. The first kappa shape index (κ1) is 16.5. The van der Waals surface area contributed by atoms with Gasteiger partial charge in [-0.1, -0.05) is 30.3 Å². The minimum absolute atomic E-state index is 0.0913. The molecule has 0 atom stereocenters. The summed E-state index contributed by atoms with van der Waals surface area (Å²) in [7, 11) is 0. The van der Waals surface area contributed by atoms with Crippen LogP contribution in [-0.2, 0) is 11.2 Å². The lowest BCUT2D eigenvalue weighted by Gasteiger charge is -2.32. The molecule has 3 rings (SSSR count). The minimum Gasteiger partial charge on any atom is -0.490 e. The third kappa shape index (κ3) is 4.57. The number of carbonyl (C=O) groups is 1. The van der Waals surface area contributed by atoms with Crippen molar-refractivity contribution in [3.63, 3.8) is 0 Å². The third-order valence-electron chi connectivity index (χ3n) is 4.38. The fourth-order valence-electron chi connectivity index (χ4n) is 2.98. The highest BCUT2D eigenvalue weighted by Gasteiger charge is 2.23. The molecule has 0 aromatic heterocycles. The lowest BCUT2D eigenvalue weighted by Crippen LogP contribution is -2.41. The molecule has 1 amide bonds. The van der Waals surface area contributed by atoms with E-state index in [1.807, 2.05) is 23.1 Å². The summed E-state index contributed by atoms with van der Waals surface area (Å²) >= 11 is 0. The zero-order valence-corrected chi connectivity index (χ0v) is 13.7. The van der Waals surface area contributed by atoms with E-state index in [0.29, 0.717) is 12.2 Å². The molecule has 1 saturated heterocycles. The minimum atomic E-state index is -0.263. The monoisotopic (exact) mass is 327 g/mol. The number of piperidine rings is 1. The molecule has 1 fully saturated rings. The molecule has 0 radical (unpaired) electrons. The largest absolute Gasteiger partial charge is 0.490 e. The van der Waals surface area contributed by atoms with E-state index in [4.69, 9.17) is 4.74 Å². The van der Waals surface area contributed by atoms with E-state index in [9.17, 15) is 9.18 Å². The van der Waals surface area contributed by atoms with Gasteiger partial charge in [0.15, 0.2) is 0 Å². The van der Waals surface area contributed by atoms with Gasteiger partial charge in [-0.25, -0.2) is 4.39 Å². The van der Waals surface area contributed by atoms with Crippen LogP contribution >= 0.6 is 0 Å². The summed E-state index contributed by atoms with van der Waals surface area (Å²) in [5, 5.41) is 0. The lowest BCUT2D eigenvalue weighted by atomic mass is 10.1. The number of rotatable bonds is 5. The maximum atomic E-state index is 12.9. The second-order valence-electron chi connectivity index (χ2n) is 6.14. The first-order valence-electron chi connectivity index (χ1n) is 8.44. The van der Waals surface area contributed by atoms with Crippen LogP contribution < -0.4 is 4.74 Å². The zero-order chi connectivity index (χ0) is 16.8. The van der Waals surface area contributed by atoms with E-state index >= 15 is 0 Å². The Labute approximate surface area is 142 Å². The van der Waals surface area contributed by atoms with Crippen molar-refractivity contribution in [3.8, 4) is 5.75 Å². The second-order valence-corrected chi connectivity index (χ2v) is 6.14. The number of ether oxygens (including phenoxy) is 1. The number of benzene rings is 2. The molecule has 2 aromatic rings. The zero-order valence-electron chi connectivity index (χ0n) is 13.7. The van der Waals surface area contributed by atoms with Gasteiger partial charge in [-0.3, -0.25) is 4.79 Å². The van der Waals surface area contributed by atoms with Crippen LogP contribution in [0.1, 0.15) is 24.8 Å². The van der Waals surface area contributed by atoms with Crippen LogP contribution in [0.5, 0.6) is 5.75 Å². The van der Waals surface area contributed by atoms with Crippen molar-refractivity contribution in [2.75, 3.05) is 13.1 Å². The van der Waals surface area contributed by atoms with Crippen LogP contribution in [0.15, 0.2) is 54.6 Å². The molecule has 0 spiro atoms. The maximum absolute atomic E-state index is 12.9. The van der Waals surface area contributed by atoms with E-state index < -0.39 is 0 Å². The number of hydrogen-bond donors (Lipinski definition) is 0. The molecule has 126 valence electrons. The molecule has 0 saturated carbocycles. The quantitative estimate of drug-likeness (QED) is 0.835. The number of aryl methyl sites for hydroxylation is 1. The van der Waals surface area contributed by atoms with Gasteiger partial charge in [0, 0.05) is 32.4 Å². The maximum Gasteiger partial charge on any atom is 0.222 e. The van der Waals surface area contributed by atoms with Gasteiger partial charge in [0.2, 0.25) is 5.91 Å². The standard InChI is InChI=1S/C20H22FNO2/c21-17-7-9-18(10-8-17)24-19-12-14-22(15-13-19)20(23)11-6-16-4-2-1-3-5-16/h1-5,7-10,19H,6,11-15H2. The Morgan fingerprint density at radius 1 is 1.04 bits per heavy atom. The second kappa shape index (κ2) is 7.95. The average Bonchev–Trinajstić information content (AvgIpc) is 2.63. The summed E-state index contributed by atoms with van der Waals surface area (Å²) < 4.78 is 18.8. The van der Waals surface area contributed by atoms with Gasteiger partial charge < -0.3 is 9.64 Å². The Kier molecular flexibility index (Phi) is 5.47. The van der Waals surface area contributed by atoms with E-state index in [-0.39, 0.29) is 17.8 Å². The molecule has 24 heavy (non-hydrogen) atoms. The summed E-state index contributed by atoms with van der Waals surface area (Å²) in [5.74, 6) is 0.630. The van der Waals surface area contributed by atoms with Crippen LogP contribution in [0.4, 0.5) is 4.39 Å². The first-order chi connectivity index (χ1) is 11.7. The molecule has 1 aliphatic heterocycles. The normalized spacial score (nSPS) is 15.3. The molecule has 3 nitrogen and oxygen atoms in total. The molecule has 0 bridgehead atoms. The highest BCUT2D eigenvalue weighted by Crippen LogP contribution is 2.20.